The van der Waals surface area contributed by atoms with E-state index in [2.05, 4.69) is 0 Å². The molecule has 0 amide bonds. The third-order valence-electron chi connectivity index (χ3n) is 4.78. The van der Waals surface area contributed by atoms with E-state index in [0.29, 0.717) is 6.07 Å². The topological polar surface area (TPSA) is 78.2 Å². The van der Waals surface area contributed by atoms with Crippen LogP contribution in [0.5, 0.6) is 0 Å². The highest BCUT2D eigenvalue weighted by molar-refractivity contribution is 6.44. The minimum Gasteiger partial charge on any atom is -0.618 e. The highest BCUT2D eigenvalue weighted by atomic mass is 35.5. The number of ketones is 3. The minimum absolute atomic E-state index is 0.293. The van der Waals surface area contributed by atoms with Crippen molar-refractivity contribution in [1.29, 1.82) is 0 Å². The van der Waals surface area contributed by atoms with E-state index in [4.69, 9.17) is 11.6 Å². The summed E-state index contributed by atoms with van der Waals surface area (Å²) in [7, 11) is 0. The molecule has 1 aromatic heterocycles. The first kappa shape index (κ1) is 21.1. The number of allylic oxidation sites excluding steroid dienone is 2. The Morgan fingerprint density at radius 2 is 1.63 bits per heavy atom. The van der Waals surface area contributed by atoms with Crippen molar-refractivity contribution in [2.24, 2.45) is 10.8 Å². The van der Waals surface area contributed by atoms with Crippen LogP contribution in [0.15, 0.2) is 22.7 Å². The van der Waals surface area contributed by atoms with E-state index < -0.39 is 56.0 Å². The Hall–Kier alpha value is -2.22. The second-order valence-electron chi connectivity index (χ2n) is 7.44. The number of carbonyl (C=O) groups excluding carboxylic acids is 3. The molecule has 0 atom stereocenters. The number of hydrogen-bond donors (Lipinski definition) is 0. The van der Waals surface area contributed by atoms with E-state index in [0.717, 1.165) is 13.0 Å². The first-order chi connectivity index (χ1) is 12.1. The van der Waals surface area contributed by atoms with E-state index in [-0.39, 0.29) is 10.6 Å². The Balaban J connectivity index is 2.71. The van der Waals surface area contributed by atoms with E-state index in [9.17, 15) is 32.8 Å². The summed E-state index contributed by atoms with van der Waals surface area (Å²) in [5, 5.41) is 11.7. The average molecular weight is 404 g/mol. The fraction of sp³-hybridized carbons (Fsp3) is 0.444. The first-order valence-corrected chi connectivity index (χ1v) is 8.29. The maximum absolute atomic E-state index is 12.9. The van der Waals surface area contributed by atoms with Crippen LogP contribution in [0.2, 0.25) is 0 Å². The zero-order chi connectivity index (χ0) is 21.1. The third-order valence-corrected chi connectivity index (χ3v) is 5.44. The monoisotopic (exact) mass is 403 g/mol. The number of halogens is 4. The highest BCUT2D eigenvalue weighted by Gasteiger charge is 2.54. The van der Waals surface area contributed by atoms with Crippen molar-refractivity contribution in [3.05, 3.63) is 44.9 Å². The molecule has 0 bridgehead atoms. The van der Waals surface area contributed by atoms with Crippen LogP contribution in [0.3, 0.4) is 0 Å². The first-order valence-electron chi connectivity index (χ1n) is 7.91. The van der Waals surface area contributed by atoms with Gasteiger partial charge in [0.25, 0.3) is 5.69 Å². The molecule has 1 heterocycles. The number of rotatable bonds is 2. The zero-order valence-electron chi connectivity index (χ0n) is 15.2. The van der Waals surface area contributed by atoms with Crippen molar-refractivity contribution in [2.75, 3.05) is 0 Å². The maximum atomic E-state index is 12.9. The van der Waals surface area contributed by atoms with E-state index >= 15 is 0 Å². The summed E-state index contributed by atoms with van der Waals surface area (Å²) in [6.45, 7) is 6.64. The van der Waals surface area contributed by atoms with Gasteiger partial charge in [-0.3, -0.25) is 14.4 Å². The van der Waals surface area contributed by atoms with Gasteiger partial charge >= 0.3 is 6.18 Å². The number of hydrogen-bond acceptors (Lipinski definition) is 4. The van der Waals surface area contributed by atoms with Crippen molar-refractivity contribution in [2.45, 2.75) is 40.8 Å². The van der Waals surface area contributed by atoms with Gasteiger partial charge in [0.1, 0.15) is 0 Å². The molecule has 0 saturated heterocycles. The van der Waals surface area contributed by atoms with Crippen molar-refractivity contribution in [3.8, 4) is 0 Å². The molecule has 0 saturated carbocycles. The number of pyridine rings is 1. The normalized spacial score (nSPS) is 19.4. The average Bonchev–Trinajstić information content (AvgIpc) is 2.53. The Labute approximate surface area is 158 Å². The molecular weight excluding hydrogens is 387 g/mol. The molecule has 9 heteroatoms. The van der Waals surface area contributed by atoms with E-state index in [1.54, 1.807) is 0 Å². The quantitative estimate of drug-likeness (QED) is 0.249. The standard InChI is InChI=1S/C18H17ClF3NO4/c1-8-9(6-7-10(23(8)27)18(20,21)22)12(24)11-13(19)16(2,3)15(26)17(4,5)14(11)25/h6-7H,1-5H3. The van der Waals surface area contributed by atoms with Gasteiger partial charge in [0, 0.05) is 18.0 Å². The molecule has 1 aliphatic carbocycles. The Morgan fingerprint density at radius 3 is 2.11 bits per heavy atom. The van der Waals surface area contributed by atoms with Crippen molar-refractivity contribution >= 4 is 29.0 Å². The largest absolute Gasteiger partial charge is 0.618 e. The van der Waals surface area contributed by atoms with Crippen molar-refractivity contribution in [3.63, 3.8) is 0 Å². The van der Waals surface area contributed by atoms with Crippen molar-refractivity contribution < 1.29 is 32.3 Å². The second kappa shape index (κ2) is 6.15. The van der Waals surface area contributed by atoms with E-state index in [1.165, 1.54) is 27.7 Å². The van der Waals surface area contributed by atoms with Gasteiger partial charge in [-0.2, -0.15) is 17.9 Å². The van der Waals surface area contributed by atoms with Crippen LogP contribution in [0.25, 0.3) is 0 Å². The highest BCUT2D eigenvalue weighted by Crippen LogP contribution is 2.46. The number of alkyl halides is 3. The molecule has 0 aromatic carbocycles. The summed E-state index contributed by atoms with van der Waals surface area (Å²) in [5.74, 6) is -2.31. The zero-order valence-corrected chi connectivity index (χ0v) is 16.0. The molecule has 0 fully saturated rings. The van der Waals surface area contributed by atoms with Gasteiger partial charge in [-0.25, -0.2) is 0 Å². The minimum atomic E-state index is -4.90. The molecule has 2 rings (SSSR count). The summed E-state index contributed by atoms with van der Waals surface area (Å²) in [4.78, 5) is 38.2. The molecule has 5 nitrogen and oxygen atoms in total. The van der Waals surface area contributed by atoms with Gasteiger partial charge in [0.15, 0.2) is 11.6 Å². The number of nitrogens with zero attached hydrogens (tertiary/aromatic N) is 1. The lowest BCUT2D eigenvalue weighted by atomic mass is 9.63. The molecule has 0 N–H and O–H groups in total. The lowest BCUT2D eigenvalue weighted by Crippen LogP contribution is -2.49. The summed E-state index contributed by atoms with van der Waals surface area (Å²) < 4.78 is 38.2. The summed E-state index contributed by atoms with van der Waals surface area (Å²) in [5.41, 5.74) is -5.76. The Morgan fingerprint density at radius 1 is 1.11 bits per heavy atom. The van der Waals surface area contributed by atoms with Crippen LogP contribution in [-0.4, -0.2) is 17.3 Å². The fourth-order valence-corrected chi connectivity index (χ4v) is 3.39. The van der Waals surface area contributed by atoms with Crippen LogP contribution in [0, 0.1) is 23.0 Å². The number of Topliss-reactive ketones (excluding diaryl/α,β-unsaturated/α-hetero) is 3. The molecule has 0 radical (unpaired) electrons. The molecule has 0 spiro atoms. The maximum Gasteiger partial charge on any atom is 0.478 e. The van der Waals surface area contributed by atoms with Crippen molar-refractivity contribution in [1.82, 2.24) is 0 Å². The molecule has 1 aromatic rings. The smallest absolute Gasteiger partial charge is 0.478 e. The fourth-order valence-electron chi connectivity index (χ4n) is 3.14. The molecule has 0 aliphatic heterocycles. The Kier molecular flexibility index (Phi) is 4.81. The summed E-state index contributed by atoms with van der Waals surface area (Å²) in [6, 6.07) is 1.30. The van der Waals surface area contributed by atoms with Crippen LogP contribution in [0.1, 0.15) is 49.4 Å². The van der Waals surface area contributed by atoms with Gasteiger partial charge in [0.2, 0.25) is 11.5 Å². The van der Waals surface area contributed by atoms with Gasteiger partial charge in [-0.15, -0.1) is 0 Å². The predicted molar refractivity (Wildman–Crippen MR) is 89.9 cm³/mol. The lowest BCUT2D eigenvalue weighted by molar-refractivity contribution is -0.635. The second-order valence-corrected chi connectivity index (χ2v) is 7.81. The third kappa shape index (κ3) is 3.05. The van der Waals surface area contributed by atoms with Crippen LogP contribution >= 0.6 is 11.6 Å². The van der Waals surface area contributed by atoms with Gasteiger partial charge in [-0.05, 0) is 33.8 Å². The van der Waals surface area contributed by atoms with Crippen LogP contribution in [-0.2, 0) is 15.8 Å². The molecule has 0 unspecified atom stereocenters. The lowest BCUT2D eigenvalue weighted by Gasteiger charge is -2.38. The molecule has 27 heavy (non-hydrogen) atoms. The predicted octanol–water partition coefficient (Wildman–Crippen LogP) is 3.53. The molecule has 1 aliphatic rings. The Bertz CT molecular complexity index is 914. The van der Waals surface area contributed by atoms with Gasteiger partial charge in [-0.1, -0.05) is 11.6 Å². The SMILES string of the molecule is Cc1c(C(=O)C2=C(Cl)C(C)(C)C(=O)C(C)(C)C2=O)ccc(C(F)(F)F)[n+]1[O-]. The summed E-state index contributed by atoms with van der Waals surface area (Å²) >= 11 is 6.18. The molecular formula is C18H17ClF3NO4. The van der Waals surface area contributed by atoms with Gasteiger partial charge in [0.05, 0.1) is 22.0 Å². The number of aromatic nitrogens is 1. The molecule has 146 valence electrons. The van der Waals surface area contributed by atoms with Crippen LogP contribution < -0.4 is 4.73 Å². The summed E-state index contributed by atoms with van der Waals surface area (Å²) in [6.07, 6.45) is -4.90. The van der Waals surface area contributed by atoms with E-state index in [1.807, 2.05) is 0 Å². The van der Waals surface area contributed by atoms with Crippen LogP contribution in [0.4, 0.5) is 13.2 Å². The number of carbonyl (C=O) groups is 3. The van der Waals surface area contributed by atoms with Gasteiger partial charge < -0.3 is 5.21 Å².